The molecule has 0 aliphatic rings. The Morgan fingerprint density at radius 1 is 1.27 bits per heavy atom. The fraction of sp³-hybridized carbons (Fsp3) is 0.250. The van der Waals surface area contributed by atoms with E-state index >= 15 is 0 Å². The Kier molecular flexibility index (Phi) is 3.14. The number of hydrogen-bond donors (Lipinski definition) is 1. The van der Waals surface area contributed by atoms with Gasteiger partial charge in [0.15, 0.2) is 0 Å². The molecule has 0 fully saturated rings. The van der Waals surface area contributed by atoms with Crippen molar-refractivity contribution in [1.29, 1.82) is 0 Å². The summed E-state index contributed by atoms with van der Waals surface area (Å²) in [4.78, 5) is 4.46. The summed E-state index contributed by atoms with van der Waals surface area (Å²) in [7, 11) is 0. The van der Waals surface area contributed by atoms with Crippen LogP contribution >= 0.6 is 11.3 Å². The molecule has 2 aromatic rings. The average Bonchev–Trinajstić information content (AvgIpc) is 2.67. The van der Waals surface area contributed by atoms with Crippen molar-refractivity contribution >= 4 is 11.3 Å². The Bertz CT molecular complexity index is 431. The van der Waals surface area contributed by atoms with Crippen LogP contribution in [0.2, 0.25) is 0 Å². The van der Waals surface area contributed by atoms with Crippen LogP contribution in [0.25, 0.3) is 11.3 Å². The highest BCUT2D eigenvalue weighted by Crippen LogP contribution is 2.21. The number of aromatic nitrogens is 1. The van der Waals surface area contributed by atoms with Crippen LogP contribution in [0.3, 0.4) is 0 Å². The molecule has 15 heavy (non-hydrogen) atoms. The van der Waals surface area contributed by atoms with E-state index in [-0.39, 0.29) is 0 Å². The molecule has 3 N–H and O–H groups in total. The molecule has 0 aliphatic carbocycles. The predicted octanol–water partition coefficient (Wildman–Crippen LogP) is 1.90. The molecule has 0 radical (unpaired) electrons. The summed E-state index contributed by atoms with van der Waals surface area (Å²) in [5.74, 6) is 0. The van der Waals surface area contributed by atoms with E-state index in [1.54, 1.807) is 11.3 Å². The molecule has 1 heterocycles. The third-order valence-electron chi connectivity index (χ3n) is 2.33. The Labute approximate surface area is 93.8 Å². The van der Waals surface area contributed by atoms with Gasteiger partial charge in [0.25, 0.3) is 0 Å². The van der Waals surface area contributed by atoms with E-state index in [9.17, 15) is 0 Å². The molecule has 0 spiro atoms. The van der Waals surface area contributed by atoms with E-state index in [1.165, 1.54) is 11.1 Å². The van der Waals surface area contributed by atoms with Gasteiger partial charge in [0.1, 0.15) is 0 Å². The number of aryl methyl sites for hydroxylation is 1. The van der Waals surface area contributed by atoms with Crippen LogP contribution < -0.4 is 5.73 Å². The Balaban J connectivity index is 2.23. The van der Waals surface area contributed by atoms with Crippen molar-refractivity contribution in [3.8, 4) is 11.3 Å². The van der Waals surface area contributed by atoms with E-state index in [4.69, 9.17) is 0 Å². The largest absolute Gasteiger partial charge is 0.357 e. The third-order valence-corrected chi connectivity index (χ3v) is 3.11. The first-order chi connectivity index (χ1) is 7.29. The van der Waals surface area contributed by atoms with Crippen LogP contribution in [-0.2, 0) is 6.42 Å². The molecule has 0 amide bonds. The van der Waals surface area contributed by atoms with Gasteiger partial charge >= 0.3 is 0 Å². The highest BCUT2D eigenvalue weighted by molar-refractivity contribution is 7.09. The number of rotatable bonds is 3. The highest BCUT2D eigenvalue weighted by Gasteiger charge is 2.01. The quantitative estimate of drug-likeness (QED) is 0.841. The Morgan fingerprint density at radius 3 is 2.53 bits per heavy atom. The lowest BCUT2D eigenvalue weighted by Gasteiger charge is -1.99. The van der Waals surface area contributed by atoms with Gasteiger partial charge in [-0.1, -0.05) is 24.3 Å². The molecule has 0 aliphatic heterocycles. The molecule has 1 aromatic heterocycles. The van der Waals surface area contributed by atoms with Crippen LogP contribution in [-0.4, -0.2) is 11.5 Å². The summed E-state index contributed by atoms with van der Waals surface area (Å²) < 4.78 is 0. The lowest BCUT2D eigenvalue weighted by molar-refractivity contribution is -0.366. The van der Waals surface area contributed by atoms with E-state index in [0.29, 0.717) is 0 Å². The second-order valence-electron chi connectivity index (χ2n) is 3.55. The third kappa shape index (κ3) is 2.43. The lowest BCUT2D eigenvalue weighted by Crippen LogP contribution is -2.51. The minimum atomic E-state index is 0.954. The minimum absolute atomic E-state index is 0.954. The van der Waals surface area contributed by atoms with E-state index in [2.05, 4.69) is 40.4 Å². The average molecular weight is 219 g/mol. The molecule has 1 aromatic carbocycles. The van der Waals surface area contributed by atoms with Gasteiger partial charge < -0.3 is 5.73 Å². The predicted molar refractivity (Wildman–Crippen MR) is 63.7 cm³/mol. The number of hydrogen-bond acceptors (Lipinski definition) is 2. The van der Waals surface area contributed by atoms with Gasteiger partial charge in [-0.05, 0) is 12.5 Å². The molecule has 3 heteroatoms. The van der Waals surface area contributed by atoms with Crippen LogP contribution in [0.4, 0.5) is 0 Å². The summed E-state index contributed by atoms with van der Waals surface area (Å²) in [6.45, 7) is 2.99. The number of quaternary nitrogens is 1. The van der Waals surface area contributed by atoms with Crippen LogP contribution in [0, 0.1) is 6.92 Å². The molecule has 2 nitrogen and oxygen atoms in total. The number of nitrogens with zero attached hydrogens (tertiary/aromatic N) is 1. The summed E-state index contributed by atoms with van der Waals surface area (Å²) in [5.41, 5.74) is 7.49. The Morgan fingerprint density at radius 2 is 2.00 bits per heavy atom. The van der Waals surface area contributed by atoms with Gasteiger partial charge in [0.05, 0.1) is 17.2 Å². The topological polar surface area (TPSA) is 40.5 Å². The van der Waals surface area contributed by atoms with E-state index in [0.717, 1.165) is 23.7 Å². The fourth-order valence-corrected chi connectivity index (χ4v) is 2.16. The van der Waals surface area contributed by atoms with Gasteiger partial charge in [0, 0.05) is 17.4 Å². The summed E-state index contributed by atoms with van der Waals surface area (Å²) in [5, 5.41) is 3.22. The van der Waals surface area contributed by atoms with Crippen molar-refractivity contribution in [2.45, 2.75) is 13.3 Å². The van der Waals surface area contributed by atoms with Crippen LogP contribution in [0.15, 0.2) is 29.6 Å². The van der Waals surface area contributed by atoms with Gasteiger partial charge in [-0.3, -0.25) is 0 Å². The summed E-state index contributed by atoms with van der Waals surface area (Å²) in [6.07, 6.45) is 1.05. The maximum absolute atomic E-state index is 4.46. The summed E-state index contributed by atoms with van der Waals surface area (Å²) in [6, 6.07) is 8.60. The molecule has 0 unspecified atom stereocenters. The van der Waals surface area contributed by atoms with E-state index < -0.39 is 0 Å². The van der Waals surface area contributed by atoms with Gasteiger partial charge in [0.2, 0.25) is 0 Å². The SMILES string of the molecule is Cc1nc(-c2ccc(CC[NH3+])cc2)cs1. The van der Waals surface area contributed by atoms with Gasteiger partial charge in [-0.15, -0.1) is 11.3 Å². The zero-order valence-corrected chi connectivity index (χ0v) is 9.68. The molecular formula is C12H15N2S+. The van der Waals surface area contributed by atoms with Crippen LogP contribution in [0.1, 0.15) is 10.6 Å². The van der Waals surface area contributed by atoms with Gasteiger partial charge in [-0.25, -0.2) is 4.98 Å². The van der Waals surface area contributed by atoms with Crippen molar-refractivity contribution in [1.82, 2.24) is 4.98 Å². The maximum Gasteiger partial charge on any atom is 0.0901 e. The molecule has 0 atom stereocenters. The number of benzene rings is 1. The first-order valence-electron chi connectivity index (χ1n) is 5.10. The minimum Gasteiger partial charge on any atom is -0.357 e. The Hall–Kier alpha value is -1.19. The first kappa shape index (κ1) is 10.3. The van der Waals surface area contributed by atoms with Gasteiger partial charge in [-0.2, -0.15) is 0 Å². The second kappa shape index (κ2) is 4.55. The molecule has 2 rings (SSSR count). The van der Waals surface area contributed by atoms with Crippen molar-refractivity contribution in [3.63, 3.8) is 0 Å². The monoisotopic (exact) mass is 219 g/mol. The standard InChI is InChI=1S/C12H14N2S/c1-9-14-12(8-15-9)11-4-2-10(3-5-11)6-7-13/h2-5,8H,6-7,13H2,1H3/p+1. The van der Waals surface area contributed by atoms with Crippen molar-refractivity contribution in [3.05, 3.63) is 40.2 Å². The smallest absolute Gasteiger partial charge is 0.0901 e. The molecule has 0 saturated carbocycles. The number of thiazole rings is 1. The van der Waals surface area contributed by atoms with Crippen molar-refractivity contribution < 1.29 is 5.73 Å². The lowest BCUT2D eigenvalue weighted by atomic mass is 10.1. The molecule has 0 saturated heterocycles. The molecule has 78 valence electrons. The van der Waals surface area contributed by atoms with Crippen molar-refractivity contribution in [2.75, 3.05) is 6.54 Å². The van der Waals surface area contributed by atoms with E-state index in [1.807, 2.05) is 6.92 Å². The highest BCUT2D eigenvalue weighted by atomic mass is 32.1. The van der Waals surface area contributed by atoms with Crippen LogP contribution in [0.5, 0.6) is 0 Å². The first-order valence-corrected chi connectivity index (χ1v) is 5.98. The second-order valence-corrected chi connectivity index (χ2v) is 4.61. The molecular weight excluding hydrogens is 204 g/mol. The normalized spacial score (nSPS) is 10.5. The van der Waals surface area contributed by atoms with Crippen molar-refractivity contribution in [2.24, 2.45) is 0 Å². The maximum atomic E-state index is 4.46. The zero-order valence-electron chi connectivity index (χ0n) is 8.86. The fourth-order valence-electron chi connectivity index (χ4n) is 1.54. The zero-order chi connectivity index (χ0) is 10.7. The molecule has 0 bridgehead atoms. The summed E-state index contributed by atoms with van der Waals surface area (Å²) >= 11 is 1.69.